The first kappa shape index (κ1) is 33.5. The second-order valence-corrected chi connectivity index (χ2v) is 10.0. The normalized spacial score (nSPS) is 10.5. The lowest BCUT2D eigenvalue weighted by Gasteiger charge is -2.17. The van der Waals surface area contributed by atoms with Crippen LogP contribution in [0.1, 0.15) is 31.8 Å². The highest BCUT2D eigenvalue weighted by molar-refractivity contribution is 6.50. The minimum atomic E-state index is -0.749. The molecule has 0 aliphatic carbocycles. The Bertz CT molecular complexity index is 1680. The third kappa shape index (κ3) is 6.81. The Kier molecular flexibility index (Phi) is 11.0. The third-order valence-corrected chi connectivity index (χ3v) is 7.61. The Morgan fingerprint density at radius 1 is 0.478 bits per heavy atom. The van der Waals surface area contributed by atoms with Crippen LogP contribution in [0, 0.1) is 0 Å². The van der Waals surface area contributed by atoms with Gasteiger partial charge in [-0.1, -0.05) is 6.07 Å². The molecule has 0 aromatic heterocycles. The number of methoxy groups -OCH3 is 8. The maximum absolute atomic E-state index is 14.0. The van der Waals surface area contributed by atoms with Gasteiger partial charge in [0.1, 0.15) is 11.5 Å². The zero-order valence-electron chi connectivity index (χ0n) is 27.3. The number of carbonyl (C=O) groups excluding carboxylic acids is 2. The van der Waals surface area contributed by atoms with Gasteiger partial charge >= 0.3 is 0 Å². The summed E-state index contributed by atoms with van der Waals surface area (Å²) in [7, 11) is 12.1. The van der Waals surface area contributed by atoms with Gasteiger partial charge < -0.3 is 37.9 Å². The fraction of sp³-hybridized carbons (Fsp3) is 0.278. The SMILES string of the molecule is COc1ccc(-c2ccc(OC)cc2C(=O)C(=O)c2cc(OC)c(OC)c(OC)c2)c(CCc2cc(OC)c(OC)c(OC)c2)c1. The van der Waals surface area contributed by atoms with Crippen molar-refractivity contribution >= 4 is 11.6 Å². The highest BCUT2D eigenvalue weighted by Gasteiger charge is 2.26. The summed E-state index contributed by atoms with van der Waals surface area (Å²) in [4.78, 5) is 27.7. The van der Waals surface area contributed by atoms with Gasteiger partial charge in [0.2, 0.25) is 23.1 Å². The first-order valence-electron chi connectivity index (χ1n) is 14.3. The summed E-state index contributed by atoms with van der Waals surface area (Å²) < 4.78 is 43.7. The van der Waals surface area contributed by atoms with E-state index in [2.05, 4.69) is 0 Å². The van der Waals surface area contributed by atoms with Gasteiger partial charge in [0.05, 0.1) is 56.9 Å². The average Bonchev–Trinajstić information content (AvgIpc) is 3.11. The molecular formula is C36H38O10. The maximum Gasteiger partial charge on any atom is 0.234 e. The van der Waals surface area contributed by atoms with E-state index in [4.69, 9.17) is 37.9 Å². The van der Waals surface area contributed by atoms with Crippen LogP contribution in [0.15, 0.2) is 60.7 Å². The molecule has 4 aromatic rings. The first-order chi connectivity index (χ1) is 22.3. The Labute approximate surface area is 268 Å². The van der Waals surface area contributed by atoms with Crippen molar-refractivity contribution in [2.75, 3.05) is 56.9 Å². The van der Waals surface area contributed by atoms with E-state index in [1.807, 2.05) is 30.3 Å². The molecule has 0 heterocycles. The van der Waals surface area contributed by atoms with Crippen molar-refractivity contribution in [2.45, 2.75) is 12.8 Å². The van der Waals surface area contributed by atoms with Crippen molar-refractivity contribution in [1.29, 1.82) is 0 Å². The molecule has 242 valence electrons. The molecule has 0 atom stereocenters. The molecular weight excluding hydrogens is 592 g/mol. The molecule has 4 aromatic carbocycles. The monoisotopic (exact) mass is 630 g/mol. The highest BCUT2D eigenvalue weighted by Crippen LogP contribution is 2.41. The van der Waals surface area contributed by atoms with Crippen LogP contribution >= 0.6 is 0 Å². The van der Waals surface area contributed by atoms with Crippen LogP contribution in [0.2, 0.25) is 0 Å². The molecule has 0 aliphatic heterocycles. The largest absolute Gasteiger partial charge is 0.497 e. The van der Waals surface area contributed by atoms with Gasteiger partial charge in [0.25, 0.3) is 0 Å². The zero-order valence-corrected chi connectivity index (χ0v) is 27.3. The van der Waals surface area contributed by atoms with Crippen LogP contribution in [0.4, 0.5) is 0 Å². The number of Topliss-reactive ketones (excluding diaryl/α,β-unsaturated/α-hetero) is 2. The summed E-state index contributed by atoms with van der Waals surface area (Å²) in [6, 6.07) is 17.4. The van der Waals surface area contributed by atoms with E-state index >= 15 is 0 Å². The van der Waals surface area contributed by atoms with E-state index < -0.39 is 11.6 Å². The van der Waals surface area contributed by atoms with Crippen molar-refractivity contribution in [3.05, 3.63) is 82.9 Å². The predicted octanol–water partition coefficient (Wildman–Crippen LogP) is 6.27. The number of rotatable bonds is 15. The van der Waals surface area contributed by atoms with E-state index in [0.717, 1.165) is 16.7 Å². The Morgan fingerprint density at radius 3 is 1.43 bits per heavy atom. The molecule has 10 nitrogen and oxygen atoms in total. The second kappa shape index (κ2) is 15.1. The third-order valence-electron chi connectivity index (χ3n) is 7.61. The summed E-state index contributed by atoms with van der Waals surface area (Å²) in [5.74, 6) is 2.04. The van der Waals surface area contributed by atoms with Gasteiger partial charge in [0, 0.05) is 11.1 Å². The van der Waals surface area contributed by atoms with Crippen LogP contribution in [-0.4, -0.2) is 68.4 Å². The first-order valence-corrected chi connectivity index (χ1v) is 14.3. The van der Waals surface area contributed by atoms with E-state index in [1.165, 1.54) is 40.6 Å². The number of carbonyl (C=O) groups is 2. The molecule has 0 spiro atoms. The van der Waals surface area contributed by atoms with Crippen molar-refractivity contribution in [1.82, 2.24) is 0 Å². The number of hydrogen-bond donors (Lipinski definition) is 0. The lowest BCUT2D eigenvalue weighted by molar-refractivity contribution is 0.0816. The van der Waals surface area contributed by atoms with Crippen molar-refractivity contribution < 1.29 is 47.5 Å². The zero-order chi connectivity index (χ0) is 33.4. The molecule has 0 amide bonds. The molecule has 0 saturated carbocycles. The number of aryl methyl sites for hydroxylation is 2. The quantitative estimate of drug-likeness (QED) is 0.110. The topological polar surface area (TPSA) is 108 Å². The van der Waals surface area contributed by atoms with Gasteiger partial charge in [0.15, 0.2) is 23.0 Å². The fourth-order valence-electron chi connectivity index (χ4n) is 5.26. The van der Waals surface area contributed by atoms with Crippen LogP contribution in [0.25, 0.3) is 11.1 Å². The van der Waals surface area contributed by atoms with Gasteiger partial charge in [-0.25, -0.2) is 0 Å². The number of hydrogen-bond acceptors (Lipinski definition) is 10. The van der Waals surface area contributed by atoms with Crippen LogP contribution in [0.5, 0.6) is 46.0 Å². The molecule has 0 aliphatic rings. The maximum atomic E-state index is 14.0. The minimum Gasteiger partial charge on any atom is -0.497 e. The van der Waals surface area contributed by atoms with Crippen LogP contribution < -0.4 is 37.9 Å². The smallest absolute Gasteiger partial charge is 0.234 e. The average molecular weight is 631 g/mol. The van der Waals surface area contributed by atoms with E-state index in [9.17, 15) is 9.59 Å². The summed E-state index contributed by atoms with van der Waals surface area (Å²) in [6.45, 7) is 0. The van der Waals surface area contributed by atoms with Crippen LogP contribution in [0.3, 0.4) is 0 Å². The van der Waals surface area contributed by atoms with Crippen LogP contribution in [-0.2, 0) is 12.8 Å². The molecule has 0 bridgehead atoms. The molecule has 4 rings (SSSR count). The van der Waals surface area contributed by atoms with E-state index in [1.54, 1.807) is 46.6 Å². The number of ketones is 2. The van der Waals surface area contributed by atoms with Gasteiger partial charge in [-0.15, -0.1) is 0 Å². The predicted molar refractivity (Wildman–Crippen MR) is 173 cm³/mol. The number of benzene rings is 4. The summed E-state index contributed by atoms with van der Waals surface area (Å²) in [5.41, 5.74) is 3.44. The minimum absolute atomic E-state index is 0.0885. The highest BCUT2D eigenvalue weighted by atomic mass is 16.5. The molecule has 10 heteroatoms. The summed E-state index contributed by atoms with van der Waals surface area (Å²) in [5, 5.41) is 0. The fourth-order valence-corrected chi connectivity index (χ4v) is 5.26. The molecule has 46 heavy (non-hydrogen) atoms. The summed E-state index contributed by atoms with van der Waals surface area (Å²) in [6.07, 6.45) is 1.16. The standard InChI is InChI=1S/C36H38O10/c1-39-24-11-13-26(22(17-24)10-9-21-15-29(41-3)35(45-7)30(16-21)42-4)27-14-12-25(40-2)20-28(27)34(38)33(37)23-18-31(43-5)36(46-8)32(19-23)44-6/h11-20H,9-10H2,1-8H3. The molecule has 0 fully saturated rings. The van der Waals surface area contributed by atoms with Crippen molar-refractivity contribution in [2.24, 2.45) is 0 Å². The lowest BCUT2D eigenvalue weighted by atomic mass is 9.89. The van der Waals surface area contributed by atoms with Gasteiger partial charge in [-0.05, 0) is 89.7 Å². The van der Waals surface area contributed by atoms with Crippen molar-refractivity contribution in [3.63, 3.8) is 0 Å². The summed E-state index contributed by atoms with van der Waals surface area (Å²) >= 11 is 0. The van der Waals surface area contributed by atoms with E-state index in [-0.39, 0.29) is 22.6 Å². The Hall–Kier alpha value is -5.38. The number of ether oxygens (including phenoxy) is 8. The lowest BCUT2D eigenvalue weighted by Crippen LogP contribution is -2.16. The molecule has 0 radical (unpaired) electrons. The second-order valence-electron chi connectivity index (χ2n) is 10.0. The Morgan fingerprint density at radius 2 is 0.957 bits per heavy atom. The van der Waals surface area contributed by atoms with Crippen molar-refractivity contribution in [3.8, 4) is 57.1 Å². The van der Waals surface area contributed by atoms with E-state index in [0.29, 0.717) is 52.9 Å². The Balaban J connectivity index is 1.79. The molecule has 0 unspecified atom stereocenters. The van der Waals surface area contributed by atoms with Gasteiger partial charge in [-0.3, -0.25) is 9.59 Å². The molecule has 0 saturated heterocycles. The molecule has 0 N–H and O–H groups in total. The van der Waals surface area contributed by atoms with Gasteiger partial charge in [-0.2, -0.15) is 0 Å².